The Kier molecular flexibility index (Phi) is 3.60. The Hall–Kier alpha value is -2.27. The van der Waals surface area contributed by atoms with E-state index in [1.807, 2.05) is 6.20 Å². The molecule has 0 bridgehead atoms. The lowest BCUT2D eigenvalue weighted by atomic mass is 9.71. The number of aromatic amines is 1. The number of rotatable bonds is 1. The standard InChI is InChI=1S/C21H25N3O2/c1-12-17-11-24-8-7-14-13-5-3-4-6-18(13)23-20(14)19(24)9-15(17)16(10-22-12)21(25)26-2/h3-6,10,12,15,17,19,22-23H,7-9,11H2,1-2H3. The molecule has 2 aromatic rings. The zero-order valence-corrected chi connectivity index (χ0v) is 15.3. The average Bonchev–Trinajstić information content (AvgIpc) is 3.06. The average molecular weight is 351 g/mol. The molecule has 1 aromatic heterocycles. The topological polar surface area (TPSA) is 57.4 Å². The summed E-state index contributed by atoms with van der Waals surface area (Å²) in [7, 11) is 1.47. The van der Waals surface area contributed by atoms with Crippen molar-refractivity contribution in [1.29, 1.82) is 0 Å². The van der Waals surface area contributed by atoms with Crippen LogP contribution < -0.4 is 5.32 Å². The smallest absolute Gasteiger partial charge is 0.335 e. The number of benzene rings is 1. The summed E-state index contributed by atoms with van der Waals surface area (Å²) in [6.07, 6.45) is 3.95. The van der Waals surface area contributed by atoms with Gasteiger partial charge in [-0.1, -0.05) is 18.2 Å². The number of piperidine rings is 1. The molecule has 0 spiro atoms. The number of aromatic nitrogens is 1. The predicted molar refractivity (Wildman–Crippen MR) is 101 cm³/mol. The zero-order valence-electron chi connectivity index (χ0n) is 15.3. The molecule has 3 aliphatic heterocycles. The Morgan fingerprint density at radius 1 is 1.31 bits per heavy atom. The maximum Gasteiger partial charge on any atom is 0.335 e. The first-order valence-corrected chi connectivity index (χ1v) is 9.55. The first-order chi connectivity index (χ1) is 12.7. The van der Waals surface area contributed by atoms with Crippen molar-refractivity contribution in [2.24, 2.45) is 11.8 Å². The van der Waals surface area contributed by atoms with Crippen molar-refractivity contribution in [3.8, 4) is 0 Å². The van der Waals surface area contributed by atoms with Crippen molar-refractivity contribution < 1.29 is 9.53 Å². The van der Waals surface area contributed by atoms with Crippen molar-refractivity contribution in [2.45, 2.75) is 31.8 Å². The molecule has 5 nitrogen and oxygen atoms in total. The van der Waals surface area contributed by atoms with Gasteiger partial charge in [-0.3, -0.25) is 4.90 Å². The van der Waals surface area contributed by atoms with E-state index < -0.39 is 0 Å². The number of methoxy groups -OCH3 is 1. The van der Waals surface area contributed by atoms with E-state index in [4.69, 9.17) is 4.74 Å². The maximum absolute atomic E-state index is 12.3. The number of para-hydroxylation sites is 1. The van der Waals surface area contributed by atoms with Gasteiger partial charge in [-0.2, -0.15) is 0 Å². The van der Waals surface area contributed by atoms with Gasteiger partial charge in [-0.25, -0.2) is 4.79 Å². The summed E-state index contributed by atoms with van der Waals surface area (Å²) in [4.78, 5) is 18.6. The second-order valence-electron chi connectivity index (χ2n) is 7.88. The van der Waals surface area contributed by atoms with Crippen LogP contribution in [-0.2, 0) is 16.0 Å². The summed E-state index contributed by atoms with van der Waals surface area (Å²) in [5.41, 5.74) is 4.85. The van der Waals surface area contributed by atoms with Crippen LogP contribution in [0, 0.1) is 11.8 Å². The summed E-state index contributed by atoms with van der Waals surface area (Å²) < 4.78 is 5.06. The van der Waals surface area contributed by atoms with Gasteiger partial charge >= 0.3 is 5.97 Å². The van der Waals surface area contributed by atoms with Crippen LogP contribution in [0.3, 0.4) is 0 Å². The largest absolute Gasteiger partial charge is 0.466 e. The van der Waals surface area contributed by atoms with Crippen molar-refractivity contribution in [1.82, 2.24) is 15.2 Å². The molecular formula is C21H25N3O2. The third-order valence-corrected chi connectivity index (χ3v) is 6.67. The van der Waals surface area contributed by atoms with Crippen molar-refractivity contribution in [3.63, 3.8) is 0 Å². The minimum Gasteiger partial charge on any atom is -0.466 e. The van der Waals surface area contributed by atoms with Crippen LogP contribution >= 0.6 is 0 Å². The molecule has 0 radical (unpaired) electrons. The molecule has 5 rings (SSSR count). The predicted octanol–water partition coefficient (Wildman–Crippen LogP) is 2.75. The fraction of sp³-hybridized carbons (Fsp3) is 0.476. The minimum atomic E-state index is -0.194. The molecule has 4 atom stereocenters. The number of H-pyrrole nitrogens is 1. The minimum absolute atomic E-state index is 0.194. The molecule has 1 aromatic carbocycles. The second-order valence-corrected chi connectivity index (χ2v) is 7.88. The van der Waals surface area contributed by atoms with Crippen LogP contribution in [0.4, 0.5) is 0 Å². The van der Waals surface area contributed by atoms with Crippen LogP contribution in [0.2, 0.25) is 0 Å². The van der Waals surface area contributed by atoms with E-state index in [9.17, 15) is 4.79 Å². The van der Waals surface area contributed by atoms with E-state index in [0.29, 0.717) is 18.0 Å². The van der Waals surface area contributed by atoms with Gasteiger partial charge in [-0.15, -0.1) is 0 Å². The molecular weight excluding hydrogens is 326 g/mol. The number of nitrogens with zero attached hydrogens (tertiary/aromatic N) is 1. The van der Waals surface area contributed by atoms with Crippen LogP contribution in [0.15, 0.2) is 36.0 Å². The molecule has 0 aliphatic carbocycles. The van der Waals surface area contributed by atoms with Crippen LogP contribution in [0.25, 0.3) is 10.9 Å². The third kappa shape index (κ3) is 2.23. The second kappa shape index (κ2) is 5.88. The lowest BCUT2D eigenvalue weighted by Gasteiger charge is -2.49. The van der Waals surface area contributed by atoms with Gasteiger partial charge < -0.3 is 15.0 Å². The Balaban J connectivity index is 1.55. The Morgan fingerprint density at radius 2 is 2.15 bits per heavy atom. The fourth-order valence-corrected chi connectivity index (χ4v) is 5.31. The van der Waals surface area contributed by atoms with E-state index in [1.54, 1.807) is 0 Å². The van der Waals surface area contributed by atoms with Gasteiger partial charge in [0.2, 0.25) is 0 Å². The van der Waals surface area contributed by atoms with Gasteiger partial charge in [0.25, 0.3) is 0 Å². The number of carbonyl (C=O) groups excluding carboxylic acids is 1. The third-order valence-electron chi connectivity index (χ3n) is 6.67. The normalized spacial score (nSPS) is 30.6. The molecule has 0 amide bonds. The van der Waals surface area contributed by atoms with Gasteiger partial charge in [0.15, 0.2) is 0 Å². The van der Waals surface area contributed by atoms with Crippen molar-refractivity contribution >= 4 is 16.9 Å². The van der Waals surface area contributed by atoms with Gasteiger partial charge in [0.1, 0.15) is 0 Å². The van der Waals surface area contributed by atoms with Crippen molar-refractivity contribution in [3.05, 3.63) is 47.3 Å². The number of hydrogen-bond acceptors (Lipinski definition) is 4. The fourth-order valence-electron chi connectivity index (χ4n) is 5.31. The maximum atomic E-state index is 12.3. The number of fused-ring (bicyclic) bond motifs is 6. The summed E-state index contributed by atoms with van der Waals surface area (Å²) in [5, 5.41) is 4.74. The van der Waals surface area contributed by atoms with Crippen LogP contribution in [0.5, 0.6) is 0 Å². The quantitative estimate of drug-likeness (QED) is 0.776. The molecule has 2 N–H and O–H groups in total. The molecule has 3 aliphatic rings. The summed E-state index contributed by atoms with van der Waals surface area (Å²) in [5.74, 6) is 0.495. The Morgan fingerprint density at radius 3 is 3.00 bits per heavy atom. The lowest BCUT2D eigenvalue weighted by molar-refractivity contribution is -0.137. The number of hydrogen-bond donors (Lipinski definition) is 2. The Labute approximate surface area is 153 Å². The van der Waals surface area contributed by atoms with E-state index in [-0.39, 0.29) is 11.9 Å². The molecule has 26 heavy (non-hydrogen) atoms. The summed E-state index contributed by atoms with van der Waals surface area (Å²) >= 11 is 0. The molecule has 1 fully saturated rings. The van der Waals surface area contributed by atoms with Crippen LogP contribution in [0.1, 0.15) is 30.6 Å². The first kappa shape index (κ1) is 15.9. The Bertz CT molecular complexity index is 900. The lowest BCUT2D eigenvalue weighted by Crippen LogP contribution is -2.54. The summed E-state index contributed by atoms with van der Waals surface area (Å²) in [6, 6.07) is 9.32. The highest BCUT2D eigenvalue weighted by molar-refractivity contribution is 5.89. The zero-order chi connectivity index (χ0) is 17.8. The molecule has 5 heteroatoms. The molecule has 4 unspecified atom stereocenters. The first-order valence-electron chi connectivity index (χ1n) is 9.55. The van der Waals surface area contributed by atoms with Gasteiger partial charge in [-0.05, 0) is 37.3 Å². The number of carbonyl (C=O) groups is 1. The van der Waals surface area contributed by atoms with E-state index in [1.165, 1.54) is 29.3 Å². The number of esters is 1. The highest BCUT2D eigenvalue weighted by Crippen LogP contribution is 2.46. The SMILES string of the molecule is COC(=O)C1=CNC(C)C2CN3CCc4c([nH]c5ccccc45)C3CC12. The monoisotopic (exact) mass is 351 g/mol. The van der Waals surface area contributed by atoms with Gasteiger partial charge in [0, 0.05) is 47.8 Å². The molecule has 1 saturated heterocycles. The molecule has 136 valence electrons. The summed E-state index contributed by atoms with van der Waals surface area (Å²) in [6.45, 7) is 4.33. The highest BCUT2D eigenvalue weighted by Gasteiger charge is 2.45. The number of ether oxygens (including phenoxy) is 1. The van der Waals surface area contributed by atoms with E-state index >= 15 is 0 Å². The van der Waals surface area contributed by atoms with Crippen LogP contribution in [-0.4, -0.2) is 42.1 Å². The van der Waals surface area contributed by atoms with Gasteiger partial charge in [0.05, 0.1) is 18.7 Å². The molecule has 4 heterocycles. The van der Waals surface area contributed by atoms with E-state index in [0.717, 1.165) is 31.5 Å². The van der Waals surface area contributed by atoms with Crippen molar-refractivity contribution in [2.75, 3.05) is 20.2 Å². The van der Waals surface area contributed by atoms with E-state index in [2.05, 4.69) is 46.4 Å². The highest BCUT2D eigenvalue weighted by atomic mass is 16.5. The molecule has 0 saturated carbocycles. The number of nitrogens with one attached hydrogen (secondary N) is 2.